The molecule has 0 aliphatic heterocycles. The molecule has 0 spiro atoms. The summed E-state index contributed by atoms with van der Waals surface area (Å²) in [6.07, 6.45) is 15.7. The molecular formula is C38H42O2. The van der Waals surface area contributed by atoms with Crippen LogP contribution < -0.4 is 9.47 Å². The second-order valence-corrected chi connectivity index (χ2v) is 10.2. The van der Waals surface area contributed by atoms with Crippen LogP contribution in [0.3, 0.4) is 0 Å². The lowest BCUT2D eigenvalue weighted by Gasteiger charge is -2.06. The molecule has 40 heavy (non-hydrogen) atoms. The topological polar surface area (TPSA) is 18.5 Å². The summed E-state index contributed by atoms with van der Waals surface area (Å²) in [5.74, 6) is 1.88. The molecule has 0 fully saturated rings. The minimum atomic E-state index is 0.790. The molecule has 0 atom stereocenters. The van der Waals surface area contributed by atoms with Gasteiger partial charge in [-0.2, -0.15) is 0 Å². The zero-order valence-corrected chi connectivity index (χ0v) is 24.0. The molecule has 0 saturated heterocycles. The van der Waals surface area contributed by atoms with Gasteiger partial charge in [0.2, 0.25) is 0 Å². The van der Waals surface area contributed by atoms with E-state index in [-0.39, 0.29) is 0 Å². The Kier molecular flexibility index (Phi) is 11.7. The first-order valence-corrected chi connectivity index (χ1v) is 14.8. The highest BCUT2D eigenvalue weighted by atomic mass is 16.5. The van der Waals surface area contributed by atoms with Crippen LogP contribution in [0.25, 0.3) is 35.4 Å². The third-order valence-corrected chi connectivity index (χ3v) is 6.88. The van der Waals surface area contributed by atoms with E-state index in [1.165, 1.54) is 59.1 Å². The molecule has 0 N–H and O–H groups in total. The first-order chi connectivity index (χ1) is 19.7. The van der Waals surface area contributed by atoms with E-state index >= 15 is 0 Å². The van der Waals surface area contributed by atoms with E-state index in [1.807, 2.05) is 0 Å². The fourth-order valence-corrected chi connectivity index (χ4v) is 4.39. The molecule has 2 nitrogen and oxygen atoms in total. The Labute approximate surface area is 241 Å². The molecule has 0 aromatic heterocycles. The average molecular weight is 531 g/mol. The maximum atomic E-state index is 5.81. The Balaban J connectivity index is 1.27. The third kappa shape index (κ3) is 9.61. The third-order valence-electron chi connectivity index (χ3n) is 6.88. The zero-order valence-electron chi connectivity index (χ0n) is 24.0. The standard InChI is InChI=1S/C38H42O2/c1-3-5-7-29-39-37-25-17-33(18-26-37)11-9-31-13-21-35(22-14-31)36-23-15-32(16-24-36)10-12-34-19-27-38(28-20-34)40-30-8-6-4-2/h9-28H,3-8,29-30H2,1-2H3/b11-9+,12-10+. The minimum Gasteiger partial charge on any atom is -0.494 e. The van der Waals surface area contributed by atoms with E-state index in [0.29, 0.717) is 0 Å². The highest BCUT2D eigenvalue weighted by Crippen LogP contribution is 2.23. The SMILES string of the molecule is CCCCCOc1ccc(/C=C/c2ccc(-c3ccc(/C=C/c4ccc(OCCCCC)cc4)cc3)cc2)cc1. The Morgan fingerprint density at radius 2 is 0.700 bits per heavy atom. The summed E-state index contributed by atoms with van der Waals surface area (Å²) in [6, 6.07) is 34.0. The molecule has 4 rings (SSSR count). The zero-order chi connectivity index (χ0) is 27.8. The quantitative estimate of drug-likeness (QED) is 0.112. The maximum absolute atomic E-state index is 5.81. The van der Waals surface area contributed by atoms with Crippen LogP contribution in [0.2, 0.25) is 0 Å². The van der Waals surface area contributed by atoms with Crippen molar-refractivity contribution < 1.29 is 9.47 Å². The van der Waals surface area contributed by atoms with E-state index in [0.717, 1.165) is 37.6 Å². The van der Waals surface area contributed by atoms with Gasteiger partial charge < -0.3 is 9.47 Å². The van der Waals surface area contributed by atoms with E-state index < -0.39 is 0 Å². The lowest BCUT2D eigenvalue weighted by Crippen LogP contribution is -1.96. The number of hydrogen-bond donors (Lipinski definition) is 0. The summed E-state index contributed by atoms with van der Waals surface area (Å²) < 4.78 is 11.6. The van der Waals surface area contributed by atoms with Gasteiger partial charge in [-0.15, -0.1) is 0 Å². The summed E-state index contributed by atoms with van der Waals surface area (Å²) >= 11 is 0. The summed E-state index contributed by atoms with van der Waals surface area (Å²) in [7, 11) is 0. The van der Waals surface area contributed by atoms with Crippen molar-refractivity contribution in [3.8, 4) is 22.6 Å². The van der Waals surface area contributed by atoms with Crippen molar-refractivity contribution in [1.29, 1.82) is 0 Å². The summed E-state index contributed by atoms with van der Waals surface area (Å²) in [4.78, 5) is 0. The van der Waals surface area contributed by atoms with Gasteiger partial charge in [0.25, 0.3) is 0 Å². The molecule has 0 heterocycles. The fraction of sp³-hybridized carbons (Fsp3) is 0.263. The number of hydrogen-bond acceptors (Lipinski definition) is 2. The van der Waals surface area contributed by atoms with Crippen LogP contribution in [-0.4, -0.2) is 13.2 Å². The predicted octanol–water partition coefficient (Wildman–Crippen LogP) is 10.8. The molecule has 0 unspecified atom stereocenters. The van der Waals surface area contributed by atoms with Gasteiger partial charge >= 0.3 is 0 Å². The molecule has 0 aliphatic carbocycles. The number of rotatable bonds is 15. The van der Waals surface area contributed by atoms with Gasteiger partial charge in [0.05, 0.1) is 13.2 Å². The van der Waals surface area contributed by atoms with Gasteiger partial charge in [0.1, 0.15) is 11.5 Å². The van der Waals surface area contributed by atoms with Crippen LogP contribution in [0, 0.1) is 0 Å². The van der Waals surface area contributed by atoms with E-state index in [4.69, 9.17) is 9.47 Å². The van der Waals surface area contributed by atoms with Crippen LogP contribution in [-0.2, 0) is 0 Å². The van der Waals surface area contributed by atoms with E-state index in [1.54, 1.807) is 0 Å². The van der Waals surface area contributed by atoms with Crippen molar-refractivity contribution in [2.45, 2.75) is 52.4 Å². The lowest BCUT2D eigenvalue weighted by molar-refractivity contribution is 0.306. The molecule has 4 aromatic carbocycles. The molecule has 0 amide bonds. The van der Waals surface area contributed by atoms with Gasteiger partial charge in [-0.3, -0.25) is 0 Å². The van der Waals surface area contributed by atoms with Crippen molar-refractivity contribution in [3.63, 3.8) is 0 Å². The van der Waals surface area contributed by atoms with Crippen LogP contribution >= 0.6 is 0 Å². The normalized spacial score (nSPS) is 11.3. The molecule has 0 bridgehead atoms. The minimum absolute atomic E-state index is 0.790. The molecular weight excluding hydrogens is 488 g/mol. The number of unbranched alkanes of at least 4 members (excludes halogenated alkanes) is 4. The number of ether oxygens (including phenoxy) is 2. The first kappa shape index (κ1) is 29.0. The first-order valence-electron chi connectivity index (χ1n) is 14.8. The van der Waals surface area contributed by atoms with Crippen molar-refractivity contribution >= 4 is 24.3 Å². The highest BCUT2D eigenvalue weighted by molar-refractivity contribution is 5.74. The Morgan fingerprint density at radius 3 is 1.00 bits per heavy atom. The van der Waals surface area contributed by atoms with Gasteiger partial charge in [0, 0.05) is 0 Å². The van der Waals surface area contributed by atoms with Crippen LogP contribution in [0.1, 0.15) is 74.6 Å². The van der Waals surface area contributed by atoms with Crippen molar-refractivity contribution in [1.82, 2.24) is 0 Å². The van der Waals surface area contributed by atoms with Crippen LogP contribution in [0.15, 0.2) is 97.1 Å². The summed E-state index contributed by atoms with van der Waals surface area (Å²) in [6.45, 7) is 5.99. The molecule has 0 radical (unpaired) electrons. The molecule has 0 aliphatic rings. The van der Waals surface area contributed by atoms with Gasteiger partial charge in [-0.05, 0) is 70.5 Å². The highest BCUT2D eigenvalue weighted by Gasteiger charge is 1.99. The van der Waals surface area contributed by atoms with Gasteiger partial charge in [0.15, 0.2) is 0 Å². The predicted molar refractivity (Wildman–Crippen MR) is 173 cm³/mol. The summed E-state index contributed by atoms with van der Waals surface area (Å²) in [5.41, 5.74) is 7.13. The molecule has 206 valence electrons. The lowest BCUT2D eigenvalue weighted by atomic mass is 10.0. The molecule has 2 heteroatoms. The van der Waals surface area contributed by atoms with E-state index in [2.05, 4.69) is 135 Å². The van der Waals surface area contributed by atoms with Crippen molar-refractivity contribution in [2.75, 3.05) is 13.2 Å². The second kappa shape index (κ2) is 16.2. The molecule has 4 aromatic rings. The van der Waals surface area contributed by atoms with Crippen molar-refractivity contribution in [3.05, 3.63) is 119 Å². The Bertz CT molecular complexity index is 1210. The van der Waals surface area contributed by atoms with Crippen molar-refractivity contribution in [2.24, 2.45) is 0 Å². The second-order valence-electron chi connectivity index (χ2n) is 10.2. The fourth-order valence-electron chi connectivity index (χ4n) is 4.39. The van der Waals surface area contributed by atoms with Gasteiger partial charge in [-0.1, -0.05) is 137 Å². The monoisotopic (exact) mass is 530 g/mol. The smallest absolute Gasteiger partial charge is 0.119 e. The van der Waals surface area contributed by atoms with E-state index in [9.17, 15) is 0 Å². The average Bonchev–Trinajstić information content (AvgIpc) is 3.01. The van der Waals surface area contributed by atoms with Crippen LogP contribution in [0.4, 0.5) is 0 Å². The molecule has 0 saturated carbocycles. The van der Waals surface area contributed by atoms with Crippen LogP contribution in [0.5, 0.6) is 11.5 Å². The van der Waals surface area contributed by atoms with Gasteiger partial charge in [-0.25, -0.2) is 0 Å². The Morgan fingerprint density at radius 1 is 0.400 bits per heavy atom. The largest absolute Gasteiger partial charge is 0.494 e. The maximum Gasteiger partial charge on any atom is 0.119 e. The summed E-state index contributed by atoms with van der Waals surface area (Å²) in [5, 5.41) is 0. The number of benzene rings is 4. The Hall–Kier alpha value is -4.04.